The van der Waals surface area contributed by atoms with E-state index in [0.717, 1.165) is 32.5 Å². The smallest absolute Gasteiger partial charge is 0.237 e. The SMILES string of the molecule is CNC1(C(N)=O)CCCC(SC2COC2)C1. The van der Waals surface area contributed by atoms with Crippen LogP contribution in [0.1, 0.15) is 25.7 Å². The number of thioether (sulfide) groups is 1. The van der Waals surface area contributed by atoms with Gasteiger partial charge in [0.1, 0.15) is 0 Å². The van der Waals surface area contributed by atoms with Gasteiger partial charge in [-0.1, -0.05) is 0 Å². The monoisotopic (exact) mass is 244 g/mol. The molecule has 4 nitrogen and oxygen atoms in total. The standard InChI is InChI=1S/C11H20N2O2S/c1-13-11(10(12)14)4-2-3-8(5-11)16-9-6-15-7-9/h8-9,13H,2-7H2,1H3,(H2,12,14). The topological polar surface area (TPSA) is 64.3 Å². The molecule has 2 rings (SSSR count). The zero-order valence-electron chi connectivity index (χ0n) is 9.70. The molecular formula is C11H20N2O2S. The molecule has 2 unspecified atom stereocenters. The van der Waals surface area contributed by atoms with Crippen molar-refractivity contribution >= 4 is 17.7 Å². The number of nitrogens with two attached hydrogens (primary N) is 1. The first-order valence-electron chi connectivity index (χ1n) is 5.88. The molecule has 0 aromatic rings. The fourth-order valence-corrected chi connectivity index (χ4v) is 4.06. The van der Waals surface area contributed by atoms with Gasteiger partial charge < -0.3 is 15.8 Å². The first-order valence-corrected chi connectivity index (χ1v) is 6.82. The van der Waals surface area contributed by atoms with Gasteiger partial charge in [0.2, 0.25) is 5.91 Å². The van der Waals surface area contributed by atoms with Gasteiger partial charge in [0.25, 0.3) is 0 Å². The summed E-state index contributed by atoms with van der Waals surface area (Å²) in [6.07, 6.45) is 4.00. The van der Waals surface area contributed by atoms with E-state index >= 15 is 0 Å². The van der Waals surface area contributed by atoms with Gasteiger partial charge in [-0.2, -0.15) is 11.8 Å². The van der Waals surface area contributed by atoms with Crippen LogP contribution >= 0.6 is 11.8 Å². The minimum Gasteiger partial charge on any atom is -0.379 e. The Bertz CT molecular complexity index is 271. The van der Waals surface area contributed by atoms with Crippen molar-refractivity contribution in [3.63, 3.8) is 0 Å². The molecular weight excluding hydrogens is 224 g/mol. The minimum atomic E-state index is -0.472. The highest BCUT2D eigenvalue weighted by Gasteiger charge is 2.41. The van der Waals surface area contributed by atoms with Crippen LogP contribution in [0.4, 0.5) is 0 Å². The number of primary amides is 1. The highest BCUT2D eigenvalue weighted by molar-refractivity contribution is 8.00. The molecule has 16 heavy (non-hydrogen) atoms. The lowest BCUT2D eigenvalue weighted by atomic mass is 9.81. The van der Waals surface area contributed by atoms with E-state index in [-0.39, 0.29) is 5.91 Å². The molecule has 2 aliphatic rings. The number of amides is 1. The summed E-state index contributed by atoms with van der Waals surface area (Å²) in [6.45, 7) is 1.73. The highest BCUT2D eigenvalue weighted by atomic mass is 32.2. The van der Waals surface area contributed by atoms with Crippen molar-refractivity contribution in [2.75, 3.05) is 20.3 Å². The molecule has 0 spiro atoms. The first kappa shape index (κ1) is 12.2. The van der Waals surface area contributed by atoms with Gasteiger partial charge >= 0.3 is 0 Å². The molecule has 0 aromatic carbocycles. The predicted octanol–water partition coefficient (Wildman–Crippen LogP) is 0.505. The summed E-state index contributed by atoms with van der Waals surface area (Å²) >= 11 is 1.97. The van der Waals surface area contributed by atoms with Crippen LogP contribution < -0.4 is 11.1 Å². The van der Waals surface area contributed by atoms with Crippen LogP contribution in [-0.4, -0.2) is 42.2 Å². The molecule has 2 fully saturated rings. The van der Waals surface area contributed by atoms with Crippen LogP contribution in [0, 0.1) is 0 Å². The molecule has 1 aliphatic heterocycles. The number of likely N-dealkylation sites (N-methyl/N-ethyl adjacent to an activating group) is 1. The average Bonchev–Trinajstić information content (AvgIpc) is 2.23. The summed E-state index contributed by atoms with van der Waals surface area (Å²) in [4.78, 5) is 11.5. The lowest BCUT2D eigenvalue weighted by molar-refractivity contribution is -0.125. The number of hydrogen-bond donors (Lipinski definition) is 2. The van der Waals surface area contributed by atoms with Crippen LogP contribution in [-0.2, 0) is 9.53 Å². The molecule has 1 heterocycles. The van der Waals surface area contributed by atoms with Crippen molar-refractivity contribution in [3.8, 4) is 0 Å². The van der Waals surface area contributed by atoms with Crippen LogP contribution in [0.3, 0.4) is 0 Å². The molecule has 1 amide bonds. The molecule has 5 heteroatoms. The van der Waals surface area contributed by atoms with Gasteiger partial charge in [-0.15, -0.1) is 0 Å². The fraction of sp³-hybridized carbons (Fsp3) is 0.909. The second-order valence-corrected chi connectivity index (χ2v) is 6.32. The number of rotatable bonds is 4. The van der Waals surface area contributed by atoms with Gasteiger partial charge in [0.05, 0.1) is 24.0 Å². The molecule has 1 aliphatic carbocycles. The van der Waals surface area contributed by atoms with Crippen LogP contribution in [0.2, 0.25) is 0 Å². The Hall–Kier alpha value is -0.260. The Labute approximate surface area is 101 Å². The zero-order chi connectivity index (χ0) is 11.6. The Kier molecular flexibility index (Phi) is 3.77. The van der Waals surface area contributed by atoms with Crippen molar-refractivity contribution < 1.29 is 9.53 Å². The van der Waals surface area contributed by atoms with Crippen molar-refractivity contribution in [2.45, 2.75) is 41.7 Å². The van der Waals surface area contributed by atoms with E-state index in [1.54, 1.807) is 0 Å². The highest BCUT2D eigenvalue weighted by Crippen LogP contribution is 2.38. The van der Waals surface area contributed by atoms with Gasteiger partial charge in [0, 0.05) is 5.25 Å². The molecule has 0 radical (unpaired) electrons. The number of ether oxygens (including phenoxy) is 1. The molecule has 0 aromatic heterocycles. The fourth-order valence-electron chi connectivity index (χ4n) is 2.48. The quantitative estimate of drug-likeness (QED) is 0.756. The largest absolute Gasteiger partial charge is 0.379 e. The van der Waals surface area contributed by atoms with E-state index in [1.165, 1.54) is 6.42 Å². The van der Waals surface area contributed by atoms with Crippen molar-refractivity contribution in [2.24, 2.45) is 5.73 Å². The summed E-state index contributed by atoms with van der Waals surface area (Å²) < 4.78 is 5.17. The van der Waals surface area contributed by atoms with E-state index in [9.17, 15) is 4.79 Å². The predicted molar refractivity (Wildman–Crippen MR) is 65.4 cm³/mol. The molecule has 1 saturated carbocycles. The van der Waals surface area contributed by atoms with Crippen molar-refractivity contribution in [3.05, 3.63) is 0 Å². The summed E-state index contributed by atoms with van der Waals surface area (Å²) in [5, 5.41) is 4.31. The second kappa shape index (κ2) is 4.94. The summed E-state index contributed by atoms with van der Waals surface area (Å²) in [6, 6.07) is 0. The van der Waals surface area contributed by atoms with Gasteiger partial charge in [0.15, 0.2) is 0 Å². The number of nitrogens with one attached hydrogen (secondary N) is 1. The summed E-state index contributed by atoms with van der Waals surface area (Å²) in [5.41, 5.74) is 5.05. The molecule has 3 N–H and O–H groups in total. The third kappa shape index (κ3) is 2.36. The van der Waals surface area contributed by atoms with Crippen molar-refractivity contribution in [1.82, 2.24) is 5.32 Å². The summed E-state index contributed by atoms with van der Waals surface area (Å²) in [5.74, 6) is -0.204. The Morgan fingerprint density at radius 1 is 1.50 bits per heavy atom. The van der Waals surface area contributed by atoms with Crippen LogP contribution in [0.15, 0.2) is 0 Å². The molecule has 92 valence electrons. The Balaban J connectivity index is 1.93. The van der Waals surface area contributed by atoms with Crippen molar-refractivity contribution in [1.29, 1.82) is 0 Å². The third-order valence-corrected chi connectivity index (χ3v) is 5.09. The number of carbonyl (C=O) groups is 1. The Morgan fingerprint density at radius 3 is 2.75 bits per heavy atom. The van der Waals surface area contributed by atoms with E-state index < -0.39 is 5.54 Å². The van der Waals surface area contributed by atoms with Crippen LogP contribution in [0.5, 0.6) is 0 Å². The van der Waals surface area contributed by atoms with Gasteiger partial charge in [-0.05, 0) is 32.7 Å². The molecule has 2 atom stereocenters. The van der Waals surface area contributed by atoms with E-state index in [4.69, 9.17) is 10.5 Å². The van der Waals surface area contributed by atoms with Gasteiger partial charge in [-0.25, -0.2) is 0 Å². The third-order valence-electron chi connectivity index (χ3n) is 3.65. The van der Waals surface area contributed by atoms with E-state index in [2.05, 4.69) is 5.32 Å². The lowest BCUT2D eigenvalue weighted by Crippen LogP contribution is -2.57. The maximum atomic E-state index is 11.5. The minimum absolute atomic E-state index is 0.204. The summed E-state index contributed by atoms with van der Waals surface area (Å²) in [7, 11) is 1.84. The Morgan fingerprint density at radius 2 is 2.25 bits per heavy atom. The maximum Gasteiger partial charge on any atom is 0.237 e. The normalized spacial score (nSPS) is 35.7. The van der Waals surface area contributed by atoms with Crippen LogP contribution in [0.25, 0.3) is 0 Å². The van der Waals surface area contributed by atoms with Gasteiger partial charge in [-0.3, -0.25) is 4.79 Å². The first-order chi connectivity index (χ1) is 7.66. The zero-order valence-corrected chi connectivity index (χ0v) is 10.5. The second-order valence-electron chi connectivity index (χ2n) is 4.71. The molecule has 0 bridgehead atoms. The number of carbonyl (C=O) groups excluding carboxylic acids is 1. The van der Waals surface area contributed by atoms with E-state index in [1.807, 2.05) is 18.8 Å². The average molecular weight is 244 g/mol. The molecule has 1 saturated heterocycles. The van der Waals surface area contributed by atoms with E-state index in [0.29, 0.717) is 10.5 Å². The lowest BCUT2D eigenvalue weighted by Gasteiger charge is -2.40. The number of hydrogen-bond acceptors (Lipinski definition) is 4. The maximum absolute atomic E-state index is 11.5.